The summed E-state index contributed by atoms with van der Waals surface area (Å²) in [5.74, 6) is 0.265. The summed E-state index contributed by atoms with van der Waals surface area (Å²) in [7, 11) is 0. The van der Waals surface area contributed by atoms with Gasteiger partial charge in [0.2, 0.25) is 5.91 Å². The fourth-order valence-corrected chi connectivity index (χ4v) is 4.36. The average Bonchev–Trinajstić information content (AvgIpc) is 3.12. The zero-order chi connectivity index (χ0) is 20.8. The van der Waals surface area contributed by atoms with Gasteiger partial charge in [-0.05, 0) is 28.7 Å². The molecule has 152 valence electrons. The predicted octanol–water partition coefficient (Wildman–Crippen LogP) is 3.42. The lowest BCUT2D eigenvalue weighted by molar-refractivity contribution is -0.157. The Morgan fingerprint density at radius 2 is 1.83 bits per heavy atom. The number of nitrogens with one attached hydrogen (secondary N) is 1. The van der Waals surface area contributed by atoms with E-state index < -0.39 is 6.04 Å². The van der Waals surface area contributed by atoms with Gasteiger partial charge in [-0.1, -0.05) is 56.3 Å². The molecule has 2 aromatic carbocycles. The molecule has 6 nitrogen and oxygen atoms in total. The van der Waals surface area contributed by atoms with E-state index in [1.807, 2.05) is 30.3 Å². The topological polar surface area (TPSA) is 68.8 Å². The number of hydrogen-bond donors (Lipinski definition) is 1. The van der Waals surface area contributed by atoms with Crippen molar-refractivity contribution in [3.05, 3.63) is 70.9 Å². The smallest absolute Gasteiger partial charge is 0.266 e. The molecule has 0 bridgehead atoms. The number of benzene rings is 2. The summed E-state index contributed by atoms with van der Waals surface area (Å²) in [6, 6.07) is 15.7. The number of para-hydroxylation sites is 1. The molecule has 1 saturated heterocycles. The molecule has 0 radical (unpaired) electrons. The number of hydrogen-bond acceptors (Lipinski definition) is 3. The molecule has 3 heterocycles. The fourth-order valence-electron chi connectivity index (χ4n) is 4.36. The number of aromatic nitrogens is 1. The van der Waals surface area contributed by atoms with E-state index in [1.54, 1.807) is 11.1 Å². The molecule has 30 heavy (non-hydrogen) atoms. The third kappa shape index (κ3) is 3.09. The molecule has 1 aromatic heterocycles. The minimum absolute atomic E-state index is 0.0223. The second kappa shape index (κ2) is 7.13. The van der Waals surface area contributed by atoms with Gasteiger partial charge in [0.05, 0.1) is 12.8 Å². The van der Waals surface area contributed by atoms with E-state index in [9.17, 15) is 9.59 Å². The first-order valence-electron chi connectivity index (χ1n) is 10.3. The molecule has 3 aromatic rings. The fraction of sp³-hybridized carbons (Fsp3) is 0.292. The van der Waals surface area contributed by atoms with Crippen molar-refractivity contribution in [3.8, 4) is 0 Å². The molecule has 0 saturated carbocycles. The Labute approximate surface area is 175 Å². The maximum atomic E-state index is 13.1. The van der Waals surface area contributed by atoms with E-state index in [4.69, 9.17) is 0 Å². The lowest BCUT2D eigenvalue weighted by Gasteiger charge is -2.40. The average molecular weight is 400 g/mol. The van der Waals surface area contributed by atoms with E-state index in [-0.39, 0.29) is 18.4 Å². The second-order valence-electron chi connectivity index (χ2n) is 8.33. The maximum absolute atomic E-state index is 13.1. The molecule has 1 atom stereocenters. The summed E-state index contributed by atoms with van der Waals surface area (Å²) < 4.78 is 0. The molecule has 6 heteroatoms. The van der Waals surface area contributed by atoms with E-state index >= 15 is 0 Å². The number of piperazine rings is 1. The van der Waals surface area contributed by atoms with Crippen LogP contribution < -0.4 is 0 Å². The van der Waals surface area contributed by atoms with Gasteiger partial charge in [-0.25, -0.2) is 5.01 Å². The van der Waals surface area contributed by atoms with Gasteiger partial charge < -0.3 is 9.88 Å². The summed E-state index contributed by atoms with van der Waals surface area (Å²) in [6.07, 6.45) is 2.17. The number of nitrogens with zero attached hydrogens (tertiary/aromatic N) is 3. The molecular formula is C24H24N4O2. The summed E-state index contributed by atoms with van der Waals surface area (Å²) in [6.45, 7) is 4.71. The zero-order valence-electron chi connectivity index (χ0n) is 17.1. The SMILES string of the molecule is CC(C)c1ccc(/C=N/N2CC(=O)N3Cc4[nH]c5ccccc5c4C[C@H]3C2=O)cc1. The molecule has 0 aliphatic carbocycles. The third-order valence-electron chi connectivity index (χ3n) is 6.10. The van der Waals surface area contributed by atoms with Crippen LogP contribution in [-0.2, 0) is 22.6 Å². The number of aromatic amines is 1. The van der Waals surface area contributed by atoms with E-state index in [0.29, 0.717) is 18.9 Å². The van der Waals surface area contributed by atoms with Gasteiger partial charge in [0.1, 0.15) is 12.6 Å². The molecule has 5 rings (SSSR count). The molecule has 0 unspecified atom stereocenters. The second-order valence-corrected chi connectivity index (χ2v) is 8.33. The van der Waals surface area contributed by atoms with Gasteiger partial charge in [0.25, 0.3) is 5.91 Å². The number of H-pyrrole nitrogens is 1. The summed E-state index contributed by atoms with van der Waals surface area (Å²) in [5.41, 5.74) is 5.36. The largest absolute Gasteiger partial charge is 0.357 e. The Morgan fingerprint density at radius 1 is 1.07 bits per heavy atom. The third-order valence-corrected chi connectivity index (χ3v) is 6.10. The number of hydrazone groups is 1. The van der Waals surface area contributed by atoms with Crippen molar-refractivity contribution in [2.24, 2.45) is 5.10 Å². The molecule has 0 spiro atoms. The molecule has 2 aliphatic rings. The van der Waals surface area contributed by atoms with Crippen molar-refractivity contribution in [2.45, 2.75) is 38.8 Å². The molecule has 1 fully saturated rings. The summed E-state index contributed by atoms with van der Waals surface area (Å²) in [5, 5.41) is 6.80. The highest BCUT2D eigenvalue weighted by Crippen LogP contribution is 2.32. The Kier molecular flexibility index (Phi) is 4.42. The number of fused-ring (bicyclic) bond motifs is 4. The minimum atomic E-state index is -0.501. The first-order chi connectivity index (χ1) is 14.5. The van der Waals surface area contributed by atoms with Crippen LogP contribution in [0.5, 0.6) is 0 Å². The van der Waals surface area contributed by atoms with Gasteiger partial charge in [-0.3, -0.25) is 9.59 Å². The zero-order valence-corrected chi connectivity index (χ0v) is 17.1. The van der Waals surface area contributed by atoms with Crippen LogP contribution in [0.1, 0.15) is 42.1 Å². The highest BCUT2D eigenvalue weighted by atomic mass is 16.2. The number of carbonyl (C=O) groups is 2. The highest BCUT2D eigenvalue weighted by molar-refractivity contribution is 5.97. The Morgan fingerprint density at radius 3 is 2.60 bits per heavy atom. The van der Waals surface area contributed by atoms with Gasteiger partial charge in [-0.2, -0.15) is 5.10 Å². The first kappa shape index (κ1) is 18.6. The Bertz CT molecular complexity index is 1160. The van der Waals surface area contributed by atoms with Crippen molar-refractivity contribution >= 4 is 28.9 Å². The van der Waals surface area contributed by atoms with E-state index in [2.05, 4.69) is 42.1 Å². The monoisotopic (exact) mass is 400 g/mol. The van der Waals surface area contributed by atoms with Gasteiger partial charge in [0, 0.05) is 23.0 Å². The van der Waals surface area contributed by atoms with Crippen LogP contribution in [0, 0.1) is 0 Å². The van der Waals surface area contributed by atoms with Gasteiger partial charge in [0.15, 0.2) is 0 Å². The predicted molar refractivity (Wildman–Crippen MR) is 116 cm³/mol. The van der Waals surface area contributed by atoms with Gasteiger partial charge in [-0.15, -0.1) is 0 Å². The van der Waals surface area contributed by atoms with Crippen molar-refractivity contribution in [2.75, 3.05) is 6.54 Å². The van der Waals surface area contributed by atoms with Crippen molar-refractivity contribution < 1.29 is 9.59 Å². The lowest BCUT2D eigenvalue weighted by Crippen LogP contribution is -2.60. The van der Waals surface area contributed by atoms with E-state index in [1.165, 1.54) is 10.6 Å². The van der Waals surface area contributed by atoms with Crippen LogP contribution in [0.15, 0.2) is 53.6 Å². The number of rotatable bonds is 3. The van der Waals surface area contributed by atoms with Crippen LogP contribution in [0.2, 0.25) is 0 Å². The van der Waals surface area contributed by atoms with Crippen LogP contribution >= 0.6 is 0 Å². The maximum Gasteiger partial charge on any atom is 0.266 e. The standard InChI is InChI=1S/C24H24N4O2/c1-15(2)17-9-7-16(8-10-17)12-25-28-14-23(29)27-13-21-19(11-22(27)24(28)30)18-5-3-4-6-20(18)26-21/h3-10,12,15,22,26H,11,13-14H2,1-2H3/b25-12+/t22-/m0/s1. The van der Waals surface area contributed by atoms with Crippen molar-refractivity contribution in [1.29, 1.82) is 0 Å². The van der Waals surface area contributed by atoms with Crippen LogP contribution in [0.25, 0.3) is 10.9 Å². The van der Waals surface area contributed by atoms with Crippen molar-refractivity contribution in [3.63, 3.8) is 0 Å². The number of carbonyl (C=O) groups excluding carboxylic acids is 2. The van der Waals surface area contributed by atoms with Crippen molar-refractivity contribution in [1.82, 2.24) is 14.9 Å². The van der Waals surface area contributed by atoms with E-state index in [0.717, 1.165) is 27.7 Å². The van der Waals surface area contributed by atoms with Gasteiger partial charge >= 0.3 is 0 Å². The molecular weight excluding hydrogens is 376 g/mol. The molecule has 1 N–H and O–H groups in total. The summed E-state index contributed by atoms with van der Waals surface area (Å²) >= 11 is 0. The molecule has 2 aliphatic heterocycles. The quantitative estimate of drug-likeness (QED) is 0.685. The van der Waals surface area contributed by atoms with Crippen LogP contribution in [0.3, 0.4) is 0 Å². The minimum Gasteiger partial charge on any atom is -0.357 e. The summed E-state index contributed by atoms with van der Waals surface area (Å²) in [4.78, 5) is 31.0. The Balaban J connectivity index is 1.39. The molecule has 2 amide bonds. The van der Waals surface area contributed by atoms with Crippen LogP contribution in [0.4, 0.5) is 0 Å². The highest BCUT2D eigenvalue weighted by Gasteiger charge is 2.43. The lowest BCUT2D eigenvalue weighted by atomic mass is 9.94. The van der Waals surface area contributed by atoms with Crippen LogP contribution in [-0.4, -0.2) is 45.5 Å². The Hall–Kier alpha value is -3.41. The number of amides is 2. The normalized spacial score (nSPS) is 19.1. The first-order valence-corrected chi connectivity index (χ1v) is 10.3.